The van der Waals surface area contributed by atoms with E-state index < -0.39 is 29.7 Å². The third-order valence-electron chi connectivity index (χ3n) is 3.64. The Morgan fingerprint density at radius 3 is 2.42 bits per heavy atom. The highest BCUT2D eigenvalue weighted by Gasteiger charge is 2.36. The molecule has 0 spiro atoms. The highest BCUT2D eigenvalue weighted by atomic mass is 16.6. The minimum Gasteiger partial charge on any atom is -0.466 e. The van der Waals surface area contributed by atoms with E-state index in [1.165, 1.54) is 14.0 Å². The topological polar surface area (TPSA) is 82.1 Å². The average Bonchev–Trinajstić information content (AvgIpc) is 2.91. The highest BCUT2D eigenvalue weighted by Crippen LogP contribution is 2.27. The molecule has 1 fully saturated rings. The van der Waals surface area contributed by atoms with Crippen molar-refractivity contribution in [3.8, 4) is 0 Å². The zero-order valence-corrected chi connectivity index (χ0v) is 15.1. The molecule has 7 nitrogen and oxygen atoms in total. The van der Waals surface area contributed by atoms with Gasteiger partial charge in [0.15, 0.2) is 0 Å². The first-order valence-electron chi connectivity index (χ1n) is 7.99. The molecule has 1 heterocycles. The molecule has 0 aromatic carbocycles. The molecule has 24 heavy (non-hydrogen) atoms. The summed E-state index contributed by atoms with van der Waals surface area (Å²) < 4.78 is 15.3. The van der Waals surface area contributed by atoms with Crippen LogP contribution in [0.3, 0.4) is 0 Å². The fraction of sp³-hybridized carbons (Fsp3) is 0.706. The number of likely N-dealkylation sites (tertiary alicyclic amines) is 1. The number of hydrogen-bond acceptors (Lipinski definition) is 6. The standard InChI is InChI=1S/C17H27NO6/c1-11(15(20)22-6)14(23-12(2)19)10-13-8-7-9-18(13)16(21)24-17(3,4)5/h13-14H,1,7-10H2,2-6H3/t13-,14?/m0/s1. The highest BCUT2D eigenvalue weighted by molar-refractivity contribution is 5.89. The van der Waals surface area contributed by atoms with Crippen LogP contribution in [0.25, 0.3) is 0 Å². The van der Waals surface area contributed by atoms with E-state index in [9.17, 15) is 14.4 Å². The first-order valence-corrected chi connectivity index (χ1v) is 7.99. The van der Waals surface area contributed by atoms with E-state index in [0.29, 0.717) is 6.54 Å². The Morgan fingerprint density at radius 2 is 1.92 bits per heavy atom. The van der Waals surface area contributed by atoms with Gasteiger partial charge in [0.05, 0.1) is 12.7 Å². The lowest BCUT2D eigenvalue weighted by molar-refractivity contribution is -0.147. The minimum atomic E-state index is -0.831. The number of carbonyl (C=O) groups excluding carboxylic acids is 3. The molecule has 7 heteroatoms. The van der Waals surface area contributed by atoms with E-state index in [1.807, 2.05) is 0 Å². The van der Waals surface area contributed by atoms with Gasteiger partial charge in [-0.2, -0.15) is 0 Å². The second kappa shape index (κ2) is 8.17. The summed E-state index contributed by atoms with van der Waals surface area (Å²) in [5, 5.41) is 0. The van der Waals surface area contributed by atoms with Gasteiger partial charge in [-0.3, -0.25) is 4.79 Å². The van der Waals surface area contributed by atoms with Crippen molar-refractivity contribution in [1.82, 2.24) is 4.90 Å². The molecule has 1 saturated heterocycles. The summed E-state index contributed by atoms with van der Waals surface area (Å²) in [5.74, 6) is -1.16. The van der Waals surface area contributed by atoms with Gasteiger partial charge in [-0.1, -0.05) is 6.58 Å². The van der Waals surface area contributed by atoms with Crippen molar-refractivity contribution < 1.29 is 28.6 Å². The van der Waals surface area contributed by atoms with Crippen molar-refractivity contribution in [2.75, 3.05) is 13.7 Å². The Hall–Kier alpha value is -2.05. The van der Waals surface area contributed by atoms with E-state index in [-0.39, 0.29) is 18.0 Å². The maximum Gasteiger partial charge on any atom is 0.410 e. The summed E-state index contributed by atoms with van der Waals surface area (Å²) in [6.45, 7) is 10.9. The van der Waals surface area contributed by atoms with Gasteiger partial charge in [-0.05, 0) is 33.6 Å². The molecular weight excluding hydrogens is 314 g/mol. The monoisotopic (exact) mass is 341 g/mol. The number of hydrogen-bond donors (Lipinski definition) is 0. The van der Waals surface area contributed by atoms with Crippen LogP contribution in [0.5, 0.6) is 0 Å². The van der Waals surface area contributed by atoms with Crippen LogP contribution in [0.2, 0.25) is 0 Å². The number of rotatable bonds is 5. The van der Waals surface area contributed by atoms with Gasteiger partial charge in [0, 0.05) is 25.9 Å². The van der Waals surface area contributed by atoms with Crippen molar-refractivity contribution in [2.24, 2.45) is 0 Å². The zero-order chi connectivity index (χ0) is 18.5. The van der Waals surface area contributed by atoms with Crippen LogP contribution in [-0.2, 0) is 23.8 Å². The molecule has 0 aromatic rings. The average molecular weight is 341 g/mol. The quantitative estimate of drug-likeness (QED) is 0.434. The van der Waals surface area contributed by atoms with Gasteiger partial charge in [0.25, 0.3) is 0 Å². The minimum absolute atomic E-state index is 0.0590. The molecule has 2 atom stereocenters. The van der Waals surface area contributed by atoms with Crippen LogP contribution >= 0.6 is 0 Å². The van der Waals surface area contributed by atoms with Crippen molar-refractivity contribution >= 4 is 18.0 Å². The fourth-order valence-electron chi connectivity index (χ4n) is 2.61. The molecule has 0 radical (unpaired) electrons. The molecule has 1 aliphatic heterocycles. The van der Waals surface area contributed by atoms with Gasteiger partial charge in [-0.25, -0.2) is 9.59 Å². The largest absolute Gasteiger partial charge is 0.466 e. The molecule has 0 N–H and O–H groups in total. The van der Waals surface area contributed by atoms with E-state index in [0.717, 1.165) is 12.8 Å². The SMILES string of the molecule is C=C(C(=O)OC)C(C[C@@H]1CCCN1C(=O)OC(C)(C)C)OC(C)=O. The summed E-state index contributed by atoms with van der Waals surface area (Å²) in [6.07, 6.45) is 0.609. The second-order valence-electron chi connectivity index (χ2n) is 6.82. The van der Waals surface area contributed by atoms with Crippen molar-refractivity contribution in [2.45, 2.75) is 64.7 Å². The van der Waals surface area contributed by atoms with Gasteiger partial charge < -0.3 is 19.1 Å². The van der Waals surface area contributed by atoms with Crippen LogP contribution < -0.4 is 0 Å². The lowest BCUT2D eigenvalue weighted by Crippen LogP contribution is -2.42. The van der Waals surface area contributed by atoms with Crippen LogP contribution in [0.15, 0.2) is 12.2 Å². The Morgan fingerprint density at radius 1 is 1.29 bits per heavy atom. The van der Waals surface area contributed by atoms with Crippen molar-refractivity contribution in [3.63, 3.8) is 0 Å². The first-order chi connectivity index (χ1) is 11.0. The van der Waals surface area contributed by atoms with Crippen LogP contribution in [0, 0.1) is 0 Å². The number of nitrogens with zero attached hydrogens (tertiary/aromatic N) is 1. The van der Waals surface area contributed by atoms with Crippen molar-refractivity contribution in [1.29, 1.82) is 0 Å². The van der Waals surface area contributed by atoms with Crippen molar-refractivity contribution in [3.05, 3.63) is 12.2 Å². The van der Waals surface area contributed by atoms with Crippen LogP contribution in [-0.4, -0.2) is 54.3 Å². The van der Waals surface area contributed by atoms with Crippen LogP contribution in [0.4, 0.5) is 4.79 Å². The van der Waals surface area contributed by atoms with E-state index >= 15 is 0 Å². The third kappa shape index (κ3) is 5.86. The molecule has 1 rings (SSSR count). The maximum atomic E-state index is 12.3. The molecule has 0 saturated carbocycles. The second-order valence-corrected chi connectivity index (χ2v) is 6.82. The Balaban J connectivity index is 2.83. The Kier molecular flexibility index (Phi) is 6.81. The number of methoxy groups -OCH3 is 1. The molecule has 1 amide bonds. The summed E-state index contributed by atoms with van der Waals surface area (Å²) in [6, 6.07) is -0.189. The molecule has 0 bridgehead atoms. The lowest BCUT2D eigenvalue weighted by atomic mass is 10.0. The Labute approximate surface area is 142 Å². The summed E-state index contributed by atoms with van der Waals surface area (Å²) in [7, 11) is 1.24. The van der Waals surface area contributed by atoms with E-state index in [4.69, 9.17) is 9.47 Å². The summed E-state index contributed by atoms with van der Waals surface area (Å²) in [5.41, 5.74) is -0.529. The number of esters is 2. The fourth-order valence-corrected chi connectivity index (χ4v) is 2.61. The van der Waals surface area contributed by atoms with E-state index in [2.05, 4.69) is 11.3 Å². The summed E-state index contributed by atoms with van der Waals surface area (Å²) in [4.78, 5) is 37.0. The zero-order valence-electron chi connectivity index (χ0n) is 15.1. The van der Waals surface area contributed by atoms with E-state index in [1.54, 1.807) is 25.7 Å². The Bertz CT molecular complexity index is 508. The maximum absolute atomic E-state index is 12.3. The normalized spacial score (nSPS) is 18.7. The predicted molar refractivity (Wildman–Crippen MR) is 87.3 cm³/mol. The number of ether oxygens (including phenoxy) is 3. The molecule has 1 unspecified atom stereocenters. The molecule has 136 valence electrons. The summed E-state index contributed by atoms with van der Waals surface area (Å²) >= 11 is 0. The van der Waals surface area contributed by atoms with Gasteiger partial charge in [0.1, 0.15) is 11.7 Å². The molecule has 0 aliphatic carbocycles. The predicted octanol–water partition coefficient (Wildman–Crippen LogP) is 2.44. The van der Waals surface area contributed by atoms with Gasteiger partial charge in [0.2, 0.25) is 0 Å². The molecule has 0 aromatic heterocycles. The first kappa shape index (κ1) is 20.0. The van der Waals surface area contributed by atoms with Crippen LogP contribution in [0.1, 0.15) is 47.0 Å². The molecule has 1 aliphatic rings. The van der Waals surface area contributed by atoms with Gasteiger partial charge in [-0.15, -0.1) is 0 Å². The molecular formula is C17H27NO6. The number of amides is 1. The lowest BCUT2D eigenvalue weighted by Gasteiger charge is -2.30. The number of carbonyl (C=O) groups is 3. The van der Waals surface area contributed by atoms with Gasteiger partial charge >= 0.3 is 18.0 Å². The third-order valence-corrected chi connectivity index (χ3v) is 3.64. The smallest absolute Gasteiger partial charge is 0.410 e.